The van der Waals surface area contributed by atoms with Gasteiger partial charge >= 0.3 is 0 Å². The zero-order valence-electron chi connectivity index (χ0n) is 9.02. The van der Waals surface area contributed by atoms with Crippen molar-refractivity contribution in [3.8, 4) is 0 Å². The zero-order valence-corrected chi connectivity index (χ0v) is 9.02. The smallest absolute Gasteiger partial charge is 0.0589 e. The number of rotatable bonds is 4. The molecule has 0 aliphatic rings. The van der Waals surface area contributed by atoms with Gasteiger partial charge in [-0.2, -0.15) is 0 Å². The van der Waals surface area contributed by atoms with Crippen molar-refractivity contribution in [3.63, 3.8) is 0 Å². The predicted octanol–water partition coefficient (Wildman–Crippen LogP) is 1.64. The van der Waals surface area contributed by atoms with Gasteiger partial charge in [0.1, 0.15) is 0 Å². The van der Waals surface area contributed by atoms with Gasteiger partial charge in [0.05, 0.1) is 6.61 Å². The molecule has 2 N–H and O–H groups in total. The van der Waals surface area contributed by atoms with Crippen molar-refractivity contribution in [2.45, 2.75) is 40.7 Å². The van der Waals surface area contributed by atoms with E-state index >= 15 is 0 Å². The van der Waals surface area contributed by atoms with Gasteiger partial charge in [0.2, 0.25) is 0 Å². The molecule has 0 heterocycles. The fourth-order valence-corrected chi connectivity index (χ4v) is 1.02. The number of hydrogen-bond acceptors (Lipinski definition) is 2. The number of aliphatic hydroxyl groups is 1. The van der Waals surface area contributed by atoms with Crippen LogP contribution in [0.15, 0.2) is 0 Å². The van der Waals surface area contributed by atoms with Gasteiger partial charge in [-0.05, 0) is 17.9 Å². The molecule has 0 amide bonds. The molecular weight excluding hydrogens is 150 g/mol. The summed E-state index contributed by atoms with van der Waals surface area (Å²) in [6, 6.07) is 0.208. The summed E-state index contributed by atoms with van der Waals surface area (Å²) in [6.07, 6.45) is 0. The molecule has 2 heteroatoms. The van der Waals surface area contributed by atoms with E-state index in [1.807, 2.05) is 0 Å². The van der Waals surface area contributed by atoms with Gasteiger partial charge < -0.3 is 10.4 Å². The Morgan fingerprint density at radius 1 is 1.25 bits per heavy atom. The van der Waals surface area contributed by atoms with Crippen LogP contribution in [0.25, 0.3) is 0 Å². The van der Waals surface area contributed by atoms with Gasteiger partial charge in [-0.25, -0.2) is 0 Å². The first-order valence-electron chi connectivity index (χ1n) is 4.72. The topological polar surface area (TPSA) is 32.3 Å². The first-order chi connectivity index (χ1) is 5.38. The maximum absolute atomic E-state index is 9.11. The minimum absolute atomic E-state index is 0.143. The van der Waals surface area contributed by atoms with E-state index in [-0.39, 0.29) is 18.1 Å². The van der Waals surface area contributed by atoms with Crippen LogP contribution in [-0.2, 0) is 0 Å². The van der Waals surface area contributed by atoms with Gasteiger partial charge in [-0.1, -0.05) is 34.6 Å². The third kappa shape index (κ3) is 4.73. The summed E-state index contributed by atoms with van der Waals surface area (Å²) in [7, 11) is 0. The van der Waals surface area contributed by atoms with E-state index in [1.165, 1.54) is 0 Å². The van der Waals surface area contributed by atoms with Crippen LogP contribution in [0.2, 0.25) is 0 Å². The van der Waals surface area contributed by atoms with Gasteiger partial charge in [-0.15, -0.1) is 0 Å². The largest absolute Gasteiger partial charge is 0.395 e. The number of aliphatic hydroxyl groups excluding tert-OH is 1. The lowest BCUT2D eigenvalue weighted by molar-refractivity contribution is 0.156. The molecule has 0 aliphatic carbocycles. The molecule has 0 aromatic heterocycles. The Labute approximate surface area is 76.4 Å². The Bertz CT molecular complexity index is 115. The molecule has 74 valence electrons. The van der Waals surface area contributed by atoms with Gasteiger partial charge in [0.15, 0.2) is 0 Å². The minimum Gasteiger partial charge on any atom is -0.395 e. The summed E-state index contributed by atoms with van der Waals surface area (Å²) in [5.74, 6) is 0.640. The molecule has 0 rings (SSSR count). The van der Waals surface area contributed by atoms with E-state index in [9.17, 15) is 0 Å². The predicted molar refractivity (Wildman–Crippen MR) is 53.2 cm³/mol. The van der Waals surface area contributed by atoms with Crippen LogP contribution in [-0.4, -0.2) is 24.3 Å². The van der Waals surface area contributed by atoms with Gasteiger partial charge in [0, 0.05) is 6.04 Å². The highest BCUT2D eigenvalue weighted by atomic mass is 16.3. The van der Waals surface area contributed by atoms with Crippen LogP contribution in [0.3, 0.4) is 0 Å². The minimum atomic E-state index is 0.143. The van der Waals surface area contributed by atoms with E-state index in [0.29, 0.717) is 5.92 Å². The number of nitrogens with one attached hydrogen (secondary N) is 1. The van der Waals surface area contributed by atoms with E-state index in [2.05, 4.69) is 39.9 Å². The second kappa shape index (κ2) is 4.83. The normalized spacial score (nSPS) is 15.2. The second-order valence-corrected chi connectivity index (χ2v) is 4.90. The van der Waals surface area contributed by atoms with E-state index in [4.69, 9.17) is 5.11 Å². The SMILES string of the molecule is CC(C)CN[C@H](CO)C(C)(C)C. The summed E-state index contributed by atoms with van der Waals surface area (Å²) in [5.41, 5.74) is 0.143. The fourth-order valence-electron chi connectivity index (χ4n) is 1.02. The average molecular weight is 173 g/mol. The Kier molecular flexibility index (Phi) is 4.80. The Balaban J connectivity index is 3.84. The summed E-state index contributed by atoms with van der Waals surface area (Å²) in [5, 5.41) is 12.5. The van der Waals surface area contributed by atoms with Gasteiger partial charge in [-0.3, -0.25) is 0 Å². The molecule has 0 radical (unpaired) electrons. The fraction of sp³-hybridized carbons (Fsp3) is 1.00. The molecule has 0 fully saturated rings. The lowest BCUT2D eigenvalue weighted by Crippen LogP contribution is -2.44. The Hall–Kier alpha value is -0.0800. The highest BCUT2D eigenvalue weighted by Crippen LogP contribution is 2.18. The molecule has 12 heavy (non-hydrogen) atoms. The highest BCUT2D eigenvalue weighted by molar-refractivity contribution is 4.79. The molecule has 0 saturated heterocycles. The molecule has 0 bridgehead atoms. The number of hydrogen-bond donors (Lipinski definition) is 2. The Morgan fingerprint density at radius 2 is 1.75 bits per heavy atom. The van der Waals surface area contributed by atoms with Crippen molar-refractivity contribution < 1.29 is 5.11 Å². The third-order valence-electron chi connectivity index (χ3n) is 2.00. The monoisotopic (exact) mass is 173 g/mol. The molecule has 0 aromatic rings. The van der Waals surface area contributed by atoms with Crippen LogP contribution in [0.1, 0.15) is 34.6 Å². The van der Waals surface area contributed by atoms with E-state index in [1.54, 1.807) is 0 Å². The van der Waals surface area contributed by atoms with Crippen LogP contribution >= 0.6 is 0 Å². The zero-order chi connectivity index (χ0) is 9.78. The first kappa shape index (κ1) is 11.9. The van der Waals surface area contributed by atoms with Crippen LogP contribution in [0.4, 0.5) is 0 Å². The van der Waals surface area contributed by atoms with Crippen molar-refractivity contribution in [2.75, 3.05) is 13.2 Å². The molecule has 1 atom stereocenters. The van der Waals surface area contributed by atoms with E-state index in [0.717, 1.165) is 6.54 Å². The summed E-state index contributed by atoms with van der Waals surface area (Å²) in [4.78, 5) is 0. The average Bonchev–Trinajstić information content (AvgIpc) is 1.85. The highest BCUT2D eigenvalue weighted by Gasteiger charge is 2.22. The lowest BCUT2D eigenvalue weighted by Gasteiger charge is -2.30. The molecule has 0 aromatic carbocycles. The van der Waals surface area contributed by atoms with Gasteiger partial charge in [0.25, 0.3) is 0 Å². The third-order valence-corrected chi connectivity index (χ3v) is 2.00. The molecule has 0 aliphatic heterocycles. The maximum Gasteiger partial charge on any atom is 0.0589 e. The van der Waals surface area contributed by atoms with Crippen LogP contribution in [0, 0.1) is 11.3 Å². The summed E-state index contributed by atoms with van der Waals surface area (Å²) in [6.45, 7) is 12.0. The molecule has 0 saturated carbocycles. The van der Waals surface area contributed by atoms with Crippen molar-refractivity contribution in [2.24, 2.45) is 11.3 Å². The Morgan fingerprint density at radius 3 is 2.00 bits per heavy atom. The molecule has 0 unspecified atom stereocenters. The van der Waals surface area contributed by atoms with Crippen LogP contribution < -0.4 is 5.32 Å². The van der Waals surface area contributed by atoms with Crippen molar-refractivity contribution >= 4 is 0 Å². The molecule has 0 spiro atoms. The second-order valence-electron chi connectivity index (χ2n) is 4.90. The maximum atomic E-state index is 9.11. The quantitative estimate of drug-likeness (QED) is 0.677. The molecule has 2 nitrogen and oxygen atoms in total. The van der Waals surface area contributed by atoms with Crippen LogP contribution in [0.5, 0.6) is 0 Å². The van der Waals surface area contributed by atoms with E-state index < -0.39 is 0 Å². The standard InChI is InChI=1S/C10H23NO/c1-8(2)6-11-9(7-12)10(3,4)5/h8-9,11-12H,6-7H2,1-5H3/t9-/m1/s1. The van der Waals surface area contributed by atoms with Crippen molar-refractivity contribution in [3.05, 3.63) is 0 Å². The van der Waals surface area contributed by atoms with Crippen molar-refractivity contribution in [1.82, 2.24) is 5.32 Å². The summed E-state index contributed by atoms with van der Waals surface area (Å²) < 4.78 is 0. The lowest BCUT2D eigenvalue weighted by atomic mass is 9.87. The summed E-state index contributed by atoms with van der Waals surface area (Å²) >= 11 is 0. The van der Waals surface area contributed by atoms with Crippen molar-refractivity contribution in [1.29, 1.82) is 0 Å². The first-order valence-corrected chi connectivity index (χ1v) is 4.72. The molecular formula is C10H23NO.